The van der Waals surface area contributed by atoms with Crippen LogP contribution in [0.4, 0.5) is 0 Å². The summed E-state index contributed by atoms with van der Waals surface area (Å²) in [6.45, 7) is 10.4. The van der Waals surface area contributed by atoms with Crippen LogP contribution in [0, 0.1) is 5.92 Å². The zero-order valence-electron chi connectivity index (χ0n) is 19.8. The Labute approximate surface area is 178 Å². The van der Waals surface area contributed by atoms with E-state index in [1.165, 1.54) is 134 Å². The summed E-state index contributed by atoms with van der Waals surface area (Å²) in [7, 11) is 0. The third kappa shape index (κ3) is 14.5. The molecular formula is C26H52N2. The van der Waals surface area contributed by atoms with Gasteiger partial charge in [0.25, 0.3) is 0 Å². The molecular weight excluding hydrogens is 340 g/mol. The molecule has 0 N–H and O–H groups in total. The van der Waals surface area contributed by atoms with E-state index in [4.69, 9.17) is 4.99 Å². The van der Waals surface area contributed by atoms with Gasteiger partial charge in [-0.05, 0) is 25.2 Å². The minimum absolute atomic E-state index is 0.832. The maximum Gasteiger partial charge on any atom is 0.0990 e. The van der Waals surface area contributed by atoms with Gasteiger partial charge < -0.3 is 4.90 Å². The Hall–Kier alpha value is -0.530. The molecule has 0 unspecified atom stereocenters. The molecule has 0 spiro atoms. The molecule has 0 saturated heterocycles. The Morgan fingerprint density at radius 2 is 1.21 bits per heavy atom. The van der Waals surface area contributed by atoms with Crippen molar-refractivity contribution in [1.82, 2.24) is 4.90 Å². The monoisotopic (exact) mass is 392 g/mol. The van der Waals surface area contributed by atoms with Gasteiger partial charge in [-0.1, -0.05) is 111 Å². The average molecular weight is 393 g/mol. The Morgan fingerprint density at radius 3 is 1.71 bits per heavy atom. The summed E-state index contributed by atoms with van der Waals surface area (Å²) in [6, 6.07) is 0. The summed E-state index contributed by atoms with van der Waals surface area (Å²) < 4.78 is 0. The van der Waals surface area contributed by atoms with Crippen molar-refractivity contribution in [2.75, 3.05) is 19.6 Å². The third-order valence-corrected chi connectivity index (χ3v) is 6.24. The molecule has 1 aliphatic rings. The lowest BCUT2D eigenvalue weighted by atomic mass is 10.0. The van der Waals surface area contributed by atoms with Crippen molar-refractivity contribution >= 4 is 5.84 Å². The van der Waals surface area contributed by atoms with Crippen LogP contribution in [0.25, 0.3) is 0 Å². The lowest BCUT2D eigenvalue weighted by molar-refractivity contribution is 0.408. The summed E-state index contributed by atoms with van der Waals surface area (Å²) in [5.74, 6) is 2.25. The summed E-state index contributed by atoms with van der Waals surface area (Å²) in [5, 5.41) is 0. The van der Waals surface area contributed by atoms with E-state index in [1.807, 2.05) is 0 Å². The molecule has 1 aliphatic heterocycles. The first-order valence-electron chi connectivity index (χ1n) is 13.0. The van der Waals surface area contributed by atoms with Crippen molar-refractivity contribution in [3.8, 4) is 0 Å². The fraction of sp³-hybridized carbons (Fsp3) is 0.962. The van der Waals surface area contributed by atoms with E-state index in [0.29, 0.717) is 0 Å². The average Bonchev–Trinajstić information content (AvgIpc) is 3.12. The highest BCUT2D eigenvalue weighted by Crippen LogP contribution is 2.16. The first-order chi connectivity index (χ1) is 13.7. The number of rotatable bonds is 20. The Kier molecular flexibility index (Phi) is 16.8. The van der Waals surface area contributed by atoms with Gasteiger partial charge in [0.15, 0.2) is 0 Å². The van der Waals surface area contributed by atoms with Crippen LogP contribution in [-0.2, 0) is 0 Å². The molecule has 0 saturated carbocycles. The van der Waals surface area contributed by atoms with Crippen LogP contribution < -0.4 is 0 Å². The first-order valence-corrected chi connectivity index (χ1v) is 13.0. The second-order valence-corrected chi connectivity index (χ2v) is 9.52. The number of nitrogens with zero attached hydrogens (tertiary/aromatic N) is 2. The van der Waals surface area contributed by atoms with Gasteiger partial charge >= 0.3 is 0 Å². The van der Waals surface area contributed by atoms with Crippen LogP contribution in [-0.4, -0.2) is 30.4 Å². The molecule has 1 heterocycles. The highest BCUT2D eigenvalue weighted by Gasteiger charge is 2.15. The summed E-state index contributed by atoms with van der Waals surface area (Å²) >= 11 is 0. The van der Waals surface area contributed by atoms with Gasteiger partial charge in [-0.2, -0.15) is 0 Å². The van der Waals surface area contributed by atoms with Gasteiger partial charge in [-0.15, -0.1) is 0 Å². The topological polar surface area (TPSA) is 15.6 Å². The minimum atomic E-state index is 0.832. The van der Waals surface area contributed by atoms with E-state index in [0.717, 1.165) is 12.5 Å². The van der Waals surface area contributed by atoms with E-state index in [-0.39, 0.29) is 0 Å². The van der Waals surface area contributed by atoms with Gasteiger partial charge in [-0.3, -0.25) is 4.99 Å². The fourth-order valence-corrected chi connectivity index (χ4v) is 4.35. The molecule has 0 amide bonds. The van der Waals surface area contributed by atoms with Crippen molar-refractivity contribution < 1.29 is 0 Å². The summed E-state index contributed by atoms with van der Waals surface area (Å²) in [5.41, 5.74) is 0. The Balaban J connectivity index is 1.82. The van der Waals surface area contributed by atoms with Gasteiger partial charge in [0.05, 0.1) is 12.4 Å². The quantitative estimate of drug-likeness (QED) is 0.190. The van der Waals surface area contributed by atoms with E-state index < -0.39 is 0 Å². The highest BCUT2D eigenvalue weighted by atomic mass is 15.2. The molecule has 1 rings (SSSR count). The maximum absolute atomic E-state index is 4.76. The first kappa shape index (κ1) is 25.5. The van der Waals surface area contributed by atoms with Crippen LogP contribution in [0.3, 0.4) is 0 Å². The highest BCUT2D eigenvalue weighted by molar-refractivity contribution is 5.83. The molecule has 0 aliphatic carbocycles. The second-order valence-electron chi connectivity index (χ2n) is 9.52. The van der Waals surface area contributed by atoms with E-state index in [1.54, 1.807) is 0 Å². The molecule has 0 aromatic heterocycles. The van der Waals surface area contributed by atoms with Crippen LogP contribution in [0.2, 0.25) is 0 Å². The van der Waals surface area contributed by atoms with Crippen molar-refractivity contribution in [3.63, 3.8) is 0 Å². The lowest BCUT2D eigenvalue weighted by Gasteiger charge is -2.20. The van der Waals surface area contributed by atoms with E-state index in [9.17, 15) is 0 Å². The molecule has 0 aromatic rings. The SMILES string of the molecule is CCCCCCCCCCCCCCCCCC1=NCCN1CCCC(C)C. The molecule has 0 aromatic carbocycles. The molecule has 28 heavy (non-hydrogen) atoms. The van der Waals surface area contributed by atoms with Crippen molar-refractivity contribution in [3.05, 3.63) is 0 Å². The molecule has 0 bridgehead atoms. The van der Waals surface area contributed by atoms with E-state index >= 15 is 0 Å². The smallest absolute Gasteiger partial charge is 0.0990 e. The zero-order chi connectivity index (χ0) is 20.3. The predicted octanol–water partition coefficient (Wildman–Crippen LogP) is 8.40. The largest absolute Gasteiger partial charge is 0.359 e. The van der Waals surface area contributed by atoms with Crippen LogP contribution >= 0.6 is 0 Å². The normalized spacial score (nSPS) is 14.3. The van der Waals surface area contributed by atoms with Crippen LogP contribution in [0.5, 0.6) is 0 Å². The zero-order valence-corrected chi connectivity index (χ0v) is 19.8. The van der Waals surface area contributed by atoms with Crippen molar-refractivity contribution in [1.29, 1.82) is 0 Å². The molecule has 166 valence electrons. The van der Waals surface area contributed by atoms with Gasteiger partial charge in [0, 0.05) is 19.5 Å². The molecule has 2 nitrogen and oxygen atoms in total. The Bertz CT molecular complexity index is 361. The van der Waals surface area contributed by atoms with Crippen molar-refractivity contribution in [2.24, 2.45) is 10.9 Å². The predicted molar refractivity (Wildman–Crippen MR) is 127 cm³/mol. The standard InChI is InChI=1S/C26H52N2/c1-4-5-6-7-8-9-10-11-12-13-14-15-16-17-18-21-26-27-22-24-28(26)23-19-20-25(2)3/h25H,4-24H2,1-3H3. The summed E-state index contributed by atoms with van der Waals surface area (Å²) in [6.07, 6.45) is 25.5. The molecule has 2 heteroatoms. The van der Waals surface area contributed by atoms with Gasteiger partial charge in [0.1, 0.15) is 0 Å². The number of hydrogen-bond donors (Lipinski definition) is 0. The number of amidine groups is 1. The lowest BCUT2D eigenvalue weighted by Crippen LogP contribution is -2.28. The van der Waals surface area contributed by atoms with Crippen LogP contribution in [0.1, 0.15) is 136 Å². The summed E-state index contributed by atoms with van der Waals surface area (Å²) in [4.78, 5) is 7.32. The van der Waals surface area contributed by atoms with E-state index in [2.05, 4.69) is 25.7 Å². The third-order valence-electron chi connectivity index (χ3n) is 6.24. The van der Waals surface area contributed by atoms with Gasteiger partial charge in [-0.25, -0.2) is 0 Å². The minimum Gasteiger partial charge on any atom is -0.359 e. The number of unbranched alkanes of at least 4 members (excludes halogenated alkanes) is 14. The number of hydrogen-bond acceptors (Lipinski definition) is 2. The van der Waals surface area contributed by atoms with Crippen LogP contribution in [0.15, 0.2) is 4.99 Å². The fourth-order valence-electron chi connectivity index (χ4n) is 4.35. The second kappa shape index (κ2) is 18.5. The maximum atomic E-state index is 4.76. The van der Waals surface area contributed by atoms with Gasteiger partial charge in [0.2, 0.25) is 0 Å². The Morgan fingerprint density at radius 1 is 0.714 bits per heavy atom. The molecule has 0 atom stereocenters. The molecule has 0 fully saturated rings. The number of aliphatic imine (C=N–C) groups is 1. The molecule has 0 radical (unpaired) electrons. The van der Waals surface area contributed by atoms with Crippen molar-refractivity contribution in [2.45, 2.75) is 136 Å².